The van der Waals surface area contributed by atoms with Crippen molar-refractivity contribution >= 4 is 11.9 Å². The number of aliphatic carboxylic acids is 1. The number of carboxylic acids is 1. The first-order chi connectivity index (χ1) is 14.1. The lowest BCUT2D eigenvalue weighted by molar-refractivity contribution is -0.192. The molecule has 30 heavy (non-hydrogen) atoms. The normalized spacial score (nSPS) is 24.2. The summed E-state index contributed by atoms with van der Waals surface area (Å²) in [5, 5.41) is 7.12. The summed E-state index contributed by atoms with van der Waals surface area (Å²) >= 11 is 0. The van der Waals surface area contributed by atoms with Crippen molar-refractivity contribution in [3.8, 4) is 0 Å². The first kappa shape index (κ1) is 28.4. The van der Waals surface area contributed by atoms with Crippen molar-refractivity contribution in [1.29, 1.82) is 0 Å². The fraction of sp³-hybridized carbons (Fsp3) is 0.800. The standard InChI is InChI=1S/C18H33NO4.C2HF3O2/c1-4-5-6-7-8-9-10-11-15-18(23-16(20)12-19)17(21-3)14(2)13-22-15;3-2(4,5)1(6)7/h10-11,14-15,17-18H,4-9,12-13,19H2,1-3H3;(H,6,7)/t14-,15+,17+,18+;/m1./s1. The van der Waals surface area contributed by atoms with Crippen molar-refractivity contribution in [2.75, 3.05) is 20.3 Å². The number of carbonyl (C=O) groups is 2. The summed E-state index contributed by atoms with van der Waals surface area (Å²) in [5.41, 5.74) is 5.36. The highest BCUT2D eigenvalue weighted by Crippen LogP contribution is 2.26. The molecule has 1 fully saturated rings. The fourth-order valence-corrected chi connectivity index (χ4v) is 2.92. The van der Waals surface area contributed by atoms with E-state index in [-0.39, 0.29) is 24.7 Å². The van der Waals surface area contributed by atoms with E-state index in [0.29, 0.717) is 6.61 Å². The van der Waals surface area contributed by atoms with Crippen LogP contribution < -0.4 is 5.73 Å². The minimum atomic E-state index is -5.08. The van der Waals surface area contributed by atoms with Crippen LogP contribution in [0.25, 0.3) is 0 Å². The number of carboxylic acid groups (broad SMARTS) is 1. The number of halogens is 3. The van der Waals surface area contributed by atoms with Gasteiger partial charge in [-0.1, -0.05) is 51.7 Å². The largest absolute Gasteiger partial charge is 0.490 e. The first-order valence-corrected chi connectivity index (χ1v) is 10.1. The second-order valence-electron chi connectivity index (χ2n) is 7.07. The van der Waals surface area contributed by atoms with Crippen LogP contribution in [0.15, 0.2) is 12.2 Å². The van der Waals surface area contributed by atoms with Gasteiger partial charge in [0.25, 0.3) is 0 Å². The van der Waals surface area contributed by atoms with Crippen LogP contribution in [0, 0.1) is 5.92 Å². The topological polar surface area (TPSA) is 108 Å². The second-order valence-corrected chi connectivity index (χ2v) is 7.07. The minimum absolute atomic E-state index is 0.130. The van der Waals surface area contributed by atoms with Gasteiger partial charge in [-0.25, -0.2) is 4.79 Å². The fourth-order valence-electron chi connectivity index (χ4n) is 2.92. The number of nitrogens with two attached hydrogens (primary N) is 1. The zero-order valence-corrected chi connectivity index (χ0v) is 17.8. The summed E-state index contributed by atoms with van der Waals surface area (Å²) in [7, 11) is 1.64. The summed E-state index contributed by atoms with van der Waals surface area (Å²) in [4.78, 5) is 20.5. The number of allylic oxidation sites excluding steroid dienone is 1. The number of rotatable bonds is 10. The number of alkyl halides is 3. The third-order valence-corrected chi connectivity index (χ3v) is 4.51. The summed E-state index contributed by atoms with van der Waals surface area (Å²) in [5.74, 6) is -3.01. The van der Waals surface area contributed by atoms with Gasteiger partial charge in [0, 0.05) is 13.0 Å². The molecule has 1 heterocycles. The molecule has 0 aliphatic carbocycles. The van der Waals surface area contributed by atoms with Crippen molar-refractivity contribution < 1.29 is 42.1 Å². The highest BCUT2D eigenvalue weighted by atomic mass is 19.4. The molecule has 1 aliphatic rings. The van der Waals surface area contributed by atoms with Crippen LogP contribution in [0.4, 0.5) is 13.2 Å². The highest BCUT2D eigenvalue weighted by Gasteiger charge is 2.40. The third-order valence-electron chi connectivity index (χ3n) is 4.51. The molecule has 0 saturated carbocycles. The van der Waals surface area contributed by atoms with Crippen molar-refractivity contribution in [2.45, 2.75) is 76.9 Å². The predicted octanol–water partition coefficient (Wildman–Crippen LogP) is 3.46. The molecule has 10 heteroatoms. The van der Waals surface area contributed by atoms with Crippen LogP contribution in [0.3, 0.4) is 0 Å². The third kappa shape index (κ3) is 11.5. The highest BCUT2D eigenvalue weighted by molar-refractivity contribution is 5.73. The molecule has 3 N–H and O–H groups in total. The van der Waals surface area contributed by atoms with Crippen LogP contribution in [0.2, 0.25) is 0 Å². The lowest BCUT2D eigenvalue weighted by Crippen LogP contribution is -2.52. The average Bonchev–Trinajstić information content (AvgIpc) is 2.68. The number of unbranched alkanes of at least 4 members (excludes halogenated alkanes) is 5. The van der Waals surface area contributed by atoms with Crippen LogP contribution in [-0.2, 0) is 23.8 Å². The molecule has 1 rings (SSSR count). The van der Waals surface area contributed by atoms with E-state index in [2.05, 4.69) is 13.0 Å². The van der Waals surface area contributed by atoms with E-state index in [1.54, 1.807) is 7.11 Å². The minimum Gasteiger partial charge on any atom is -0.475 e. The van der Waals surface area contributed by atoms with Crippen LogP contribution in [-0.4, -0.2) is 61.8 Å². The van der Waals surface area contributed by atoms with Gasteiger partial charge in [-0.15, -0.1) is 0 Å². The zero-order chi connectivity index (χ0) is 23.2. The molecule has 0 spiro atoms. The summed E-state index contributed by atoms with van der Waals surface area (Å²) in [6.07, 6.45) is 5.51. The molecular weight excluding hydrogens is 407 g/mol. The van der Waals surface area contributed by atoms with E-state index in [9.17, 15) is 18.0 Å². The van der Waals surface area contributed by atoms with Gasteiger partial charge in [0.1, 0.15) is 12.2 Å². The van der Waals surface area contributed by atoms with Crippen LogP contribution >= 0.6 is 0 Å². The molecule has 1 aliphatic heterocycles. The van der Waals surface area contributed by atoms with Gasteiger partial charge < -0.3 is 25.1 Å². The van der Waals surface area contributed by atoms with Gasteiger partial charge in [-0.05, 0) is 12.8 Å². The maximum absolute atomic E-state index is 11.6. The monoisotopic (exact) mass is 441 g/mol. The van der Waals surface area contributed by atoms with Crippen molar-refractivity contribution in [2.24, 2.45) is 11.7 Å². The Kier molecular flexibility index (Phi) is 14.4. The zero-order valence-electron chi connectivity index (χ0n) is 17.8. The number of ether oxygens (including phenoxy) is 3. The van der Waals surface area contributed by atoms with E-state index in [1.165, 1.54) is 32.1 Å². The second kappa shape index (κ2) is 15.2. The number of methoxy groups -OCH3 is 1. The Hall–Kier alpha value is -1.65. The van der Waals surface area contributed by atoms with E-state index in [0.717, 1.165) is 6.42 Å². The first-order valence-electron chi connectivity index (χ1n) is 10.1. The Morgan fingerprint density at radius 3 is 2.30 bits per heavy atom. The van der Waals surface area contributed by atoms with Crippen molar-refractivity contribution in [3.05, 3.63) is 12.2 Å². The Bertz CT molecular complexity index is 527. The summed E-state index contributed by atoms with van der Waals surface area (Å²) in [6.45, 7) is 4.72. The molecule has 0 bridgehead atoms. The molecule has 0 radical (unpaired) electrons. The smallest absolute Gasteiger partial charge is 0.475 e. The molecule has 7 nitrogen and oxygen atoms in total. The molecule has 0 unspecified atom stereocenters. The Labute approximate surface area is 175 Å². The molecule has 0 aromatic heterocycles. The van der Waals surface area contributed by atoms with E-state index < -0.39 is 24.2 Å². The van der Waals surface area contributed by atoms with Gasteiger partial charge in [0.15, 0.2) is 6.10 Å². The van der Waals surface area contributed by atoms with E-state index in [4.69, 9.17) is 29.8 Å². The van der Waals surface area contributed by atoms with E-state index in [1.807, 2.05) is 13.0 Å². The lowest BCUT2D eigenvalue weighted by Gasteiger charge is -2.39. The lowest BCUT2D eigenvalue weighted by atomic mass is 9.93. The molecule has 4 atom stereocenters. The molecular formula is C20H34F3NO6. The van der Waals surface area contributed by atoms with Gasteiger partial charge in [0.05, 0.1) is 13.2 Å². The molecule has 0 aromatic rings. The average molecular weight is 441 g/mol. The summed E-state index contributed by atoms with van der Waals surface area (Å²) in [6, 6.07) is 0. The Morgan fingerprint density at radius 1 is 1.20 bits per heavy atom. The molecule has 0 aromatic carbocycles. The predicted molar refractivity (Wildman–Crippen MR) is 105 cm³/mol. The Morgan fingerprint density at radius 2 is 1.80 bits per heavy atom. The van der Waals surface area contributed by atoms with Gasteiger partial charge in [-0.2, -0.15) is 13.2 Å². The van der Waals surface area contributed by atoms with Gasteiger partial charge in [0.2, 0.25) is 0 Å². The number of esters is 1. The quantitative estimate of drug-likeness (QED) is 0.304. The maximum Gasteiger partial charge on any atom is 0.490 e. The SMILES string of the molecule is CCCCCCCC=C[C@@H]1OC[C@@H](C)[C@H](OC)[C@H]1OC(=O)CN.O=C(O)C(F)(F)F. The molecule has 176 valence electrons. The van der Waals surface area contributed by atoms with Crippen LogP contribution in [0.1, 0.15) is 52.4 Å². The van der Waals surface area contributed by atoms with Crippen LogP contribution in [0.5, 0.6) is 0 Å². The molecule has 0 amide bonds. The van der Waals surface area contributed by atoms with Gasteiger partial charge in [-0.3, -0.25) is 4.79 Å². The van der Waals surface area contributed by atoms with Crippen molar-refractivity contribution in [3.63, 3.8) is 0 Å². The summed E-state index contributed by atoms with van der Waals surface area (Å²) < 4.78 is 48.6. The number of carbonyl (C=O) groups excluding carboxylic acids is 1. The number of hydrogen-bond donors (Lipinski definition) is 2. The maximum atomic E-state index is 11.6. The van der Waals surface area contributed by atoms with E-state index >= 15 is 0 Å². The molecule has 1 saturated heterocycles. The Balaban J connectivity index is 0.00000103. The van der Waals surface area contributed by atoms with Gasteiger partial charge >= 0.3 is 18.1 Å². The number of hydrogen-bond acceptors (Lipinski definition) is 6. The van der Waals surface area contributed by atoms with Crippen molar-refractivity contribution in [1.82, 2.24) is 0 Å².